The molecule has 0 aromatic rings. The first-order valence-corrected chi connectivity index (χ1v) is 7.33. The van der Waals surface area contributed by atoms with Crippen LogP contribution < -0.4 is 10.6 Å². The van der Waals surface area contributed by atoms with Crippen molar-refractivity contribution in [1.82, 2.24) is 15.5 Å². The van der Waals surface area contributed by atoms with Crippen molar-refractivity contribution < 1.29 is 9.53 Å². The third-order valence-electron chi connectivity index (χ3n) is 3.44. The fourth-order valence-corrected chi connectivity index (χ4v) is 2.40. The lowest BCUT2D eigenvalue weighted by Gasteiger charge is -2.31. The van der Waals surface area contributed by atoms with Gasteiger partial charge in [0.15, 0.2) is 0 Å². The number of nitrogens with zero attached hydrogens (tertiary/aromatic N) is 1. The van der Waals surface area contributed by atoms with Gasteiger partial charge in [-0.05, 0) is 52.2 Å². The smallest absolute Gasteiger partial charge is 0.234 e. The molecule has 0 atom stereocenters. The molecule has 0 spiro atoms. The van der Waals surface area contributed by atoms with Crippen LogP contribution in [0.2, 0.25) is 0 Å². The van der Waals surface area contributed by atoms with E-state index in [-0.39, 0.29) is 11.9 Å². The Morgan fingerprint density at radius 2 is 2.05 bits per heavy atom. The maximum absolute atomic E-state index is 11.7. The highest BCUT2D eigenvalue weighted by Crippen LogP contribution is 2.15. The molecule has 1 saturated heterocycles. The van der Waals surface area contributed by atoms with Gasteiger partial charge in [-0.3, -0.25) is 9.69 Å². The first kappa shape index (κ1) is 16.4. The van der Waals surface area contributed by atoms with Gasteiger partial charge >= 0.3 is 0 Å². The van der Waals surface area contributed by atoms with Crippen LogP contribution in [0, 0.1) is 5.92 Å². The van der Waals surface area contributed by atoms with Crippen LogP contribution in [0.25, 0.3) is 0 Å². The minimum Gasteiger partial charge on any atom is -0.383 e. The molecule has 112 valence electrons. The molecule has 0 aliphatic carbocycles. The zero-order valence-corrected chi connectivity index (χ0v) is 12.6. The Morgan fingerprint density at radius 3 is 2.63 bits per heavy atom. The standard InChI is InChI=1S/C14H29N3O2/c1-12(2)16-14(18)11-17-7-4-13(5-8-17)10-15-6-9-19-3/h12-13,15H,4-11H2,1-3H3,(H,16,18). The van der Waals surface area contributed by atoms with E-state index in [4.69, 9.17) is 4.74 Å². The zero-order valence-electron chi connectivity index (χ0n) is 12.6. The lowest BCUT2D eigenvalue weighted by atomic mass is 9.97. The number of piperidine rings is 1. The van der Waals surface area contributed by atoms with Gasteiger partial charge in [0.25, 0.3) is 0 Å². The average Bonchev–Trinajstić information content (AvgIpc) is 2.35. The van der Waals surface area contributed by atoms with Crippen LogP contribution >= 0.6 is 0 Å². The fourth-order valence-electron chi connectivity index (χ4n) is 2.40. The van der Waals surface area contributed by atoms with Crippen LogP contribution in [-0.2, 0) is 9.53 Å². The molecule has 0 bridgehead atoms. The quantitative estimate of drug-likeness (QED) is 0.630. The van der Waals surface area contributed by atoms with Crippen molar-refractivity contribution in [3.63, 3.8) is 0 Å². The Labute approximate surface area is 117 Å². The average molecular weight is 271 g/mol. The number of hydrogen-bond donors (Lipinski definition) is 2. The molecule has 0 radical (unpaired) electrons. The van der Waals surface area contributed by atoms with Gasteiger partial charge in [0, 0.05) is 19.7 Å². The highest BCUT2D eigenvalue weighted by atomic mass is 16.5. The van der Waals surface area contributed by atoms with Crippen LogP contribution in [-0.4, -0.2) is 63.3 Å². The molecule has 5 heteroatoms. The summed E-state index contributed by atoms with van der Waals surface area (Å²) in [6, 6.07) is 0.232. The first-order chi connectivity index (χ1) is 9.11. The molecule has 1 heterocycles. The largest absolute Gasteiger partial charge is 0.383 e. The summed E-state index contributed by atoms with van der Waals surface area (Å²) in [6.45, 7) is 9.36. The second-order valence-corrected chi connectivity index (χ2v) is 5.64. The van der Waals surface area contributed by atoms with Gasteiger partial charge in [-0.1, -0.05) is 0 Å². The maximum Gasteiger partial charge on any atom is 0.234 e. The Hall–Kier alpha value is -0.650. The van der Waals surface area contributed by atoms with Crippen LogP contribution in [0.5, 0.6) is 0 Å². The summed E-state index contributed by atoms with van der Waals surface area (Å²) in [4.78, 5) is 13.9. The third kappa shape index (κ3) is 7.50. The zero-order chi connectivity index (χ0) is 14.1. The molecular weight excluding hydrogens is 242 g/mol. The van der Waals surface area contributed by atoms with Gasteiger partial charge < -0.3 is 15.4 Å². The summed E-state index contributed by atoms with van der Waals surface area (Å²) >= 11 is 0. The number of hydrogen-bond acceptors (Lipinski definition) is 4. The van der Waals surface area contributed by atoms with Gasteiger partial charge in [-0.2, -0.15) is 0 Å². The number of carbonyl (C=O) groups excluding carboxylic acids is 1. The maximum atomic E-state index is 11.7. The highest BCUT2D eigenvalue weighted by Gasteiger charge is 2.20. The predicted octanol–water partition coefficient (Wildman–Crippen LogP) is 0.459. The molecule has 0 aromatic carbocycles. The number of carbonyl (C=O) groups is 1. The topological polar surface area (TPSA) is 53.6 Å². The monoisotopic (exact) mass is 271 g/mol. The van der Waals surface area contributed by atoms with Crippen molar-refractivity contribution in [3.05, 3.63) is 0 Å². The molecule has 1 amide bonds. The number of rotatable bonds is 8. The van der Waals surface area contributed by atoms with Crippen LogP contribution in [0.4, 0.5) is 0 Å². The minimum absolute atomic E-state index is 0.145. The number of likely N-dealkylation sites (tertiary alicyclic amines) is 1. The van der Waals surface area contributed by atoms with Crippen molar-refractivity contribution in [2.45, 2.75) is 32.7 Å². The molecule has 2 N–H and O–H groups in total. The number of methoxy groups -OCH3 is 1. The van der Waals surface area contributed by atoms with E-state index in [9.17, 15) is 4.79 Å². The SMILES string of the molecule is COCCNCC1CCN(CC(=O)NC(C)C)CC1. The summed E-state index contributed by atoms with van der Waals surface area (Å²) in [7, 11) is 1.72. The molecule has 0 aromatic heterocycles. The molecule has 1 fully saturated rings. The molecular formula is C14H29N3O2. The molecule has 1 aliphatic rings. The molecule has 0 saturated carbocycles. The van der Waals surface area contributed by atoms with Gasteiger partial charge in [0.1, 0.15) is 0 Å². The van der Waals surface area contributed by atoms with E-state index in [1.165, 1.54) is 12.8 Å². The molecule has 1 rings (SSSR count). The normalized spacial score (nSPS) is 17.9. The van der Waals surface area contributed by atoms with E-state index in [0.717, 1.165) is 38.7 Å². The number of nitrogens with one attached hydrogen (secondary N) is 2. The lowest BCUT2D eigenvalue weighted by molar-refractivity contribution is -0.123. The molecule has 1 aliphatic heterocycles. The summed E-state index contributed by atoms with van der Waals surface area (Å²) in [6.07, 6.45) is 2.35. The van der Waals surface area contributed by atoms with E-state index < -0.39 is 0 Å². The van der Waals surface area contributed by atoms with Crippen LogP contribution in [0.3, 0.4) is 0 Å². The van der Waals surface area contributed by atoms with Gasteiger partial charge in [-0.15, -0.1) is 0 Å². The van der Waals surface area contributed by atoms with Crippen LogP contribution in [0.1, 0.15) is 26.7 Å². The number of amides is 1. The summed E-state index contributed by atoms with van der Waals surface area (Å²) in [5, 5.41) is 6.36. The van der Waals surface area contributed by atoms with Gasteiger partial charge in [0.2, 0.25) is 5.91 Å². The third-order valence-corrected chi connectivity index (χ3v) is 3.44. The van der Waals surface area contributed by atoms with E-state index in [1.807, 2.05) is 13.8 Å². The predicted molar refractivity (Wildman–Crippen MR) is 77.2 cm³/mol. The molecule has 5 nitrogen and oxygen atoms in total. The summed E-state index contributed by atoms with van der Waals surface area (Å²) in [5.41, 5.74) is 0. The van der Waals surface area contributed by atoms with Crippen molar-refractivity contribution in [1.29, 1.82) is 0 Å². The van der Waals surface area contributed by atoms with E-state index >= 15 is 0 Å². The Morgan fingerprint density at radius 1 is 1.37 bits per heavy atom. The summed E-state index contributed by atoms with van der Waals surface area (Å²) < 4.78 is 5.01. The van der Waals surface area contributed by atoms with Crippen LogP contribution in [0.15, 0.2) is 0 Å². The Balaban J connectivity index is 2.09. The first-order valence-electron chi connectivity index (χ1n) is 7.33. The number of ether oxygens (including phenoxy) is 1. The van der Waals surface area contributed by atoms with Crippen molar-refractivity contribution in [3.8, 4) is 0 Å². The van der Waals surface area contributed by atoms with E-state index in [0.29, 0.717) is 6.54 Å². The van der Waals surface area contributed by atoms with Crippen molar-refractivity contribution >= 4 is 5.91 Å². The van der Waals surface area contributed by atoms with Gasteiger partial charge in [-0.25, -0.2) is 0 Å². The van der Waals surface area contributed by atoms with E-state index in [1.54, 1.807) is 7.11 Å². The van der Waals surface area contributed by atoms with Crippen molar-refractivity contribution in [2.75, 3.05) is 46.4 Å². The minimum atomic E-state index is 0.145. The molecule has 0 unspecified atom stereocenters. The lowest BCUT2D eigenvalue weighted by Crippen LogP contribution is -2.44. The Kier molecular flexibility index (Phi) is 8.02. The van der Waals surface area contributed by atoms with Gasteiger partial charge in [0.05, 0.1) is 13.2 Å². The second-order valence-electron chi connectivity index (χ2n) is 5.64. The fraction of sp³-hybridized carbons (Fsp3) is 0.929. The van der Waals surface area contributed by atoms with Crippen molar-refractivity contribution in [2.24, 2.45) is 5.92 Å². The molecule has 19 heavy (non-hydrogen) atoms. The van der Waals surface area contributed by atoms with E-state index in [2.05, 4.69) is 15.5 Å². The summed E-state index contributed by atoms with van der Waals surface area (Å²) in [5.74, 6) is 0.882. The highest BCUT2D eigenvalue weighted by molar-refractivity contribution is 5.78. The Bertz CT molecular complexity index is 251. The second kappa shape index (κ2) is 9.28.